The largest absolute Gasteiger partial charge is 0.480 e. The number of carboxylic acid groups (broad SMARTS) is 1. The molecule has 0 aromatic heterocycles. The molecule has 1 N–H and O–H groups in total. The second-order valence-corrected chi connectivity index (χ2v) is 5.56. The zero-order valence-electron chi connectivity index (χ0n) is 12.3. The van der Waals surface area contributed by atoms with Crippen LogP contribution in [0, 0.1) is 11.7 Å². The fourth-order valence-electron chi connectivity index (χ4n) is 2.72. The summed E-state index contributed by atoms with van der Waals surface area (Å²) in [6, 6.07) is 4.53. The average molecular weight is 307 g/mol. The number of Topliss-reactive ketones (excluding diaryl/α,β-unsaturated/α-hetero) is 1. The number of benzene rings is 1. The number of likely N-dealkylation sites (tertiary alicyclic amines) is 1. The fourth-order valence-corrected chi connectivity index (χ4v) is 2.72. The number of hydrogen-bond donors (Lipinski definition) is 1. The molecule has 1 amide bonds. The maximum Gasteiger partial charge on any atom is 0.326 e. The monoisotopic (exact) mass is 307 g/mol. The number of rotatable bonds is 5. The lowest BCUT2D eigenvalue weighted by atomic mass is 9.95. The van der Waals surface area contributed by atoms with E-state index in [-0.39, 0.29) is 23.7 Å². The maximum atomic E-state index is 13.1. The summed E-state index contributed by atoms with van der Waals surface area (Å²) in [5, 5.41) is 9.08. The van der Waals surface area contributed by atoms with Crippen LogP contribution in [0.1, 0.15) is 36.5 Å². The molecule has 6 heteroatoms. The highest BCUT2D eigenvalue weighted by Gasteiger charge is 2.34. The molecule has 0 radical (unpaired) electrons. The molecule has 1 unspecified atom stereocenters. The quantitative estimate of drug-likeness (QED) is 0.845. The summed E-state index contributed by atoms with van der Waals surface area (Å²) in [5.74, 6) is -2.81. The van der Waals surface area contributed by atoms with Crippen molar-refractivity contribution in [3.8, 4) is 0 Å². The number of nitrogens with zero attached hydrogens (tertiary/aromatic N) is 1. The molecule has 5 nitrogen and oxygen atoms in total. The van der Waals surface area contributed by atoms with Crippen molar-refractivity contribution in [2.24, 2.45) is 5.92 Å². The Kier molecular flexibility index (Phi) is 4.90. The van der Waals surface area contributed by atoms with Crippen LogP contribution in [-0.2, 0) is 9.59 Å². The van der Waals surface area contributed by atoms with Crippen molar-refractivity contribution in [1.82, 2.24) is 4.90 Å². The number of carbonyl (C=O) groups excluding carboxylic acids is 2. The Morgan fingerprint density at radius 1 is 1.41 bits per heavy atom. The Morgan fingerprint density at radius 2 is 2.14 bits per heavy atom. The second kappa shape index (κ2) is 6.68. The van der Waals surface area contributed by atoms with E-state index in [1.165, 1.54) is 23.1 Å². The van der Waals surface area contributed by atoms with E-state index in [0.717, 1.165) is 6.07 Å². The van der Waals surface area contributed by atoms with Crippen molar-refractivity contribution in [3.05, 3.63) is 35.6 Å². The summed E-state index contributed by atoms with van der Waals surface area (Å²) in [7, 11) is 0. The Bertz CT molecular complexity index is 602. The zero-order chi connectivity index (χ0) is 16.3. The summed E-state index contributed by atoms with van der Waals surface area (Å²) in [5.41, 5.74) is 0.219. The number of carbonyl (C=O) groups is 3. The number of aliphatic carboxylic acids is 1. The van der Waals surface area contributed by atoms with Crippen molar-refractivity contribution < 1.29 is 23.9 Å². The Morgan fingerprint density at radius 3 is 2.77 bits per heavy atom. The first-order chi connectivity index (χ1) is 10.4. The third kappa shape index (κ3) is 3.50. The molecule has 1 aromatic rings. The van der Waals surface area contributed by atoms with Crippen LogP contribution in [0.15, 0.2) is 24.3 Å². The van der Waals surface area contributed by atoms with Gasteiger partial charge in [0, 0.05) is 24.4 Å². The van der Waals surface area contributed by atoms with Crippen molar-refractivity contribution in [2.75, 3.05) is 6.54 Å². The number of ketones is 1. The maximum absolute atomic E-state index is 13.1. The number of hydrogen-bond acceptors (Lipinski definition) is 3. The Labute approximate surface area is 127 Å². The molecule has 2 atom stereocenters. The Hall–Kier alpha value is -2.24. The van der Waals surface area contributed by atoms with E-state index < -0.39 is 23.7 Å². The van der Waals surface area contributed by atoms with Crippen molar-refractivity contribution in [2.45, 2.75) is 32.2 Å². The standard InChI is InChI=1S/C16H18FNO4/c1-10(15(20)11-4-2-5-12(17)9-11)8-14(19)18-7-3-6-13(18)16(21)22/h2,4-5,9-10,13H,3,6-8H2,1H3,(H,21,22)/t10?,13-/m1/s1. The highest BCUT2D eigenvalue weighted by molar-refractivity contribution is 5.99. The van der Waals surface area contributed by atoms with Crippen LogP contribution in [-0.4, -0.2) is 40.3 Å². The van der Waals surface area contributed by atoms with Crippen molar-refractivity contribution in [3.63, 3.8) is 0 Å². The zero-order valence-corrected chi connectivity index (χ0v) is 12.3. The van der Waals surface area contributed by atoms with E-state index in [9.17, 15) is 18.8 Å². The molecule has 1 fully saturated rings. The molecular formula is C16H18FNO4. The van der Waals surface area contributed by atoms with E-state index in [1.54, 1.807) is 6.92 Å². The first-order valence-electron chi connectivity index (χ1n) is 7.22. The smallest absolute Gasteiger partial charge is 0.326 e. The van der Waals surface area contributed by atoms with E-state index in [4.69, 9.17) is 5.11 Å². The normalized spacial score (nSPS) is 19.0. The molecule has 22 heavy (non-hydrogen) atoms. The van der Waals surface area contributed by atoms with Gasteiger partial charge in [0.25, 0.3) is 0 Å². The summed E-state index contributed by atoms with van der Waals surface area (Å²) in [6.07, 6.45) is 1.02. The summed E-state index contributed by atoms with van der Waals surface area (Å²) >= 11 is 0. The second-order valence-electron chi connectivity index (χ2n) is 5.56. The minimum atomic E-state index is -1.02. The minimum absolute atomic E-state index is 0.0703. The molecule has 1 heterocycles. The van der Waals surface area contributed by atoms with Crippen molar-refractivity contribution in [1.29, 1.82) is 0 Å². The number of halogens is 1. The summed E-state index contributed by atoms with van der Waals surface area (Å²) < 4.78 is 13.1. The van der Waals surface area contributed by atoms with Crippen LogP contribution in [0.25, 0.3) is 0 Å². The van der Waals surface area contributed by atoms with Gasteiger partial charge in [0.2, 0.25) is 5.91 Å². The van der Waals surface area contributed by atoms with E-state index in [1.807, 2.05) is 0 Å². The molecule has 0 spiro atoms. The van der Waals surface area contributed by atoms with Crippen LogP contribution < -0.4 is 0 Å². The lowest BCUT2D eigenvalue weighted by Gasteiger charge is -2.22. The van der Waals surface area contributed by atoms with Crippen molar-refractivity contribution >= 4 is 17.7 Å². The molecular weight excluding hydrogens is 289 g/mol. The van der Waals surface area contributed by atoms with Gasteiger partial charge in [-0.3, -0.25) is 9.59 Å². The summed E-state index contributed by atoms with van der Waals surface area (Å²) in [4.78, 5) is 36.8. The van der Waals surface area contributed by atoms with Gasteiger partial charge >= 0.3 is 5.97 Å². The molecule has 118 valence electrons. The van der Waals surface area contributed by atoms with Crippen LogP contribution >= 0.6 is 0 Å². The van der Waals surface area contributed by atoms with E-state index in [2.05, 4.69) is 0 Å². The predicted octanol–water partition coefficient (Wildman–Crippen LogP) is 2.11. The van der Waals surface area contributed by atoms with Crippen LogP contribution in [0.2, 0.25) is 0 Å². The van der Waals surface area contributed by atoms with Crippen LogP contribution in [0.3, 0.4) is 0 Å². The molecule has 0 bridgehead atoms. The highest BCUT2D eigenvalue weighted by Crippen LogP contribution is 2.21. The van der Waals surface area contributed by atoms with Gasteiger partial charge in [-0.1, -0.05) is 19.1 Å². The molecule has 1 aliphatic rings. The average Bonchev–Trinajstić information content (AvgIpc) is 2.96. The van der Waals surface area contributed by atoms with E-state index >= 15 is 0 Å². The van der Waals surface area contributed by atoms with Gasteiger partial charge < -0.3 is 10.0 Å². The molecule has 2 rings (SSSR count). The Balaban J connectivity index is 2.02. The molecule has 0 aliphatic carbocycles. The predicted molar refractivity (Wildman–Crippen MR) is 76.9 cm³/mol. The lowest BCUT2D eigenvalue weighted by Crippen LogP contribution is -2.41. The third-order valence-corrected chi connectivity index (χ3v) is 3.90. The van der Waals surface area contributed by atoms with Gasteiger partial charge in [-0.2, -0.15) is 0 Å². The van der Waals surface area contributed by atoms with Gasteiger partial charge in [0.15, 0.2) is 5.78 Å². The van der Waals surface area contributed by atoms with Gasteiger partial charge in [-0.15, -0.1) is 0 Å². The topological polar surface area (TPSA) is 74.7 Å². The SMILES string of the molecule is CC(CC(=O)N1CCC[C@@H]1C(=O)O)C(=O)c1cccc(F)c1. The van der Waals surface area contributed by atoms with Crippen LogP contribution in [0.5, 0.6) is 0 Å². The minimum Gasteiger partial charge on any atom is -0.480 e. The molecule has 1 aliphatic heterocycles. The van der Waals surface area contributed by atoms with Gasteiger partial charge in [0.1, 0.15) is 11.9 Å². The fraction of sp³-hybridized carbons (Fsp3) is 0.438. The van der Waals surface area contributed by atoms with Gasteiger partial charge in [0.05, 0.1) is 0 Å². The summed E-state index contributed by atoms with van der Waals surface area (Å²) in [6.45, 7) is 1.99. The molecule has 1 saturated heterocycles. The number of carboxylic acids is 1. The lowest BCUT2D eigenvalue weighted by molar-refractivity contribution is -0.148. The van der Waals surface area contributed by atoms with Gasteiger partial charge in [-0.05, 0) is 25.0 Å². The molecule has 0 saturated carbocycles. The third-order valence-electron chi connectivity index (χ3n) is 3.90. The number of amides is 1. The van der Waals surface area contributed by atoms with E-state index in [0.29, 0.717) is 19.4 Å². The first-order valence-corrected chi connectivity index (χ1v) is 7.22. The highest BCUT2D eigenvalue weighted by atomic mass is 19.1. The van der Waals surface area contributed by atoms with Crippen LogP contribution in [0.4, 0.5) is 4.39 Å². The molecule has 1 aromatic carbocycles. The first kappa shape index (κ1) is 16.1. The van der Waals surface area contributed by atoms with Gasteiger partial charge in [-0.25, -0.2) is 9.18 Å².